The van der Waals surface area contributed by atoms with E-state index < -0.39 is 0 Å². The number of hydrogen-bond donors (Lipinski definition) is 0. The first-order valence-corrected chi connectivity index (χ1v) is 7.76. The van der Waals surface area contributed by atoms with Crippen molar-refractivity contribution in [2.45, 2.75) is 0 Å². The summed E-state index contributed by atoms with van der Waals surface area (Å²) in [5.74, 6) is 0. The molecule has 1 nitrogen and oxygen atoms in total. The summed E-state index contributed by atoms with van der Waals surface area (Å²) in [6.45, 7) is 0. The van der Waals surface area contributed by atoms with Crippen LogP contribution in [-0.4, -0.2) is 4.98 Å². The summed E-state index contributed by atoms with van der Waals surface area (Å²) >= 11 is 11.4. The minimum Gasteiger partial charge on any atom is -0.236 e. The van der Waals surface area contributed by atoms with Gasteiger partial charge in [0.2, 0.25) is 0 Å². The molecule has 0 unspecified atom stereocenters. The summed E-state index contributed by atoms with van der Waals surface area (Å²) in [5.41, 5.74) is 2.99. The van der Waals surface area contributed by atoms with Gasteiger partial charge in [-0.15, -0.1) is 11.3 Å². The Morgan fingerprint density at radius 2 is 1.63 bits per heavy atom. The summed E-state index contributed by atoms with van der Waals surface area (Å²) in [6, 6.07) is 15.8. The highest BCUT2D eigenvalue weighted by Gasteiger charge is 2.10. The predicted octanol–water partition coefficient (Wildman–Crippen LogP) is 5.89. The number of halogens is 2. The summed E-state index contributed by atoms with van der Waals surface area (Å²) in [4.78, 5) is 4.68. The van der Waals surface area contributed by atoms with Crippen LogP contribution in [0.1, 0.15) is 0 Å². The number of rotatable bonds is 2. The van der Waals surface area contributed by atoms with E-state index in [2.05, 4.69) is 27.0 Å². The molecule has 0 aliphatic carbocycles. The van der Waals surface area contributed by atoms with Crippen LogP contribution < -0.4 is 0 Å². The molecule has 94 valence electrons. The number of nitrogens with zero attached hydrogens (tertiary/aromatic N) is 1. The molecule has 0 saturated carbocycles. The molecule has 0 bridgehead atoms. The SMILES string of the molecule is Clc1ccccc1-c1csc(-c2ccccc2Br)n1. The Kier molecular flexibility index (Phi) is 3.69. The van der Waals surface area contributed by atoms with Crippen LogP contribution in [0.15, 0.2) is 58.4 Å². The molecule has 0 saturated heterocycles. The Morgan fingerprint density at radius 3 is 2.37 bits per heavy atom. The Bertz CT molecular complexity index is 663. The minimum atomic E-state index is 0.728. The predicted molar refractivity (Wildman–Crippen MR) is 85.7 cm³/mol. The first-order valence-electron chi connectivity index (χ1n) is 5.71. The van der Waals surface area contributed by atoms with Crippen molar-refractivity contribution in [1.82, 2.24) is 4.98 Å². The highest BCUT2D eigenvalue weighted by molar-refractivity contribution is 9.10. The molecule has 3 rings (SSSR count). The van der Waals surface area contributed by atoms with Gasteiger partial charge in [-0.1, -0.05) is 63.9 Å². The maximum atomic E-state index is 6.20. The van der Waals surface area contributed by atoms with Crippen molar-refractivity contribution in [2.75, 3.05) is 0 Å². The molecule has 2 aromatic carbocycles. The summed E-state index contributed by atoms with van der Waals surface area (Å²) in [5, 5.41) is 3.75. The van der Waals surface area contributed by atoms with Gasteiger partial charge in [-0.2, -0.15) is 0 Å². The standard InChI is InChI=1S/C15H9BrClNS/c16-12-7-3-1-5-10(12)15-18-14(9-19-15)11-6-2-4-8-13(11)17/h1-9H. The first kappa shape index (κ1) is 12.9. The minimum absolute atomic E-state index is 0.728. The van der Waals surface area contributed by atoms with E-state index in [0.717, 1.165) is 31.3 Å². The lowest BCUT2D eigenvalue weighted by molar-refractivity contribution is 1.40. The van der Waals surface area contributed by atoms with E-state index in [1.54, 1.807) is 11.3 Å². The molecule has 0 aliphatic heterocycles. The molecule has 0 spiro atoms. The van der Waals surface area contributed by atoms with Crippen LogP contribution >= 0.6 is 38.9 Å². The fourth-order valence-electron chi connectivity index (χ4n) is 1.82. The number of benzene rings is 2. The van der Waals surface area contributed by atoms with Crippen LogP contribution in [0.4, 0.5) is 0 Å². The molecular weight excluding hydrogens is 342 g/mol. The zero-order chi connectivity index (χ0) is 13.2. The van der Waals surface area contributed by atoms with Crippen LogP contribution in [-0.2, 0) is 0 Å². The van der Waals surface area contributed by atoms with E-state index in [1.807, 2.05) is 47.8 Å². The van der Waals surface area contributed by atoms with Crippen LogP contribution in [0.2, 0.25) is 5.02 Å². The summed E-state index contributed by atoms with van der Waals surface area (Å²) in [7, 11) is 0. The summed E-state index contributed by atoms with van der Waals surface area (Å²) in [6.07, 6.45) is 0. The largest absolute Gasteiger partial charge is 0.236 e. The smallest absolute Gasteiger partial charge is 0.125 e. The third-order valence-corrected chi connectivity index (χ3v) is 4.65. The zero-order valence-electron chi connectivity index (χ0n) is 9.81. The first-order chi connectivity index (χ1) is 9.25. The van der Waals surface area contributed by atoms with Crippen molar-refractivity contribution >= 4 is 38.9 Å². The molecule has 0 amide bonds. The second-order valence-electron chi connectivity index (χ2n) is 4.00. The Balaban J connectivity index is 2.06. The lowest BCUT2D eigenvalue weighted by atomic mass is 10.2. The zero-order valence-corrected chi connectivity index (χ0v) is 13.0. The van der Waals surface area contributed by atoms with E-state index >= 15 is 0 Å². The molecule has 4 heteroatoms. The van der Waals surface area contributed by atoms with Crippen molar-refractivity contribution in [2.24, 2.45) is 0 Å². The second-order valence-corrected chi connectivity index (χ2v) is 6.12. The molecule has 1 heterocycles. The molecule has 0 aliphatic rings. The van der Waals surface area contributed by atoms with E-state index in [-0.39, 0.29) is 0 Å². The fourth-order valence-corrected chi connectivity index (χ4v) is 3.52. The number of aromatic nitrogens is 1. The van der Waals surface area contributed by atoms with E-state index in [4.69, 9.17) is 11.6 Å². The Hall–Kier alpha value is -1.16. The van der Waals surface area contributed by atoms with Gasteiger partial charge in [-0.3, -0.25) is 0 Å². The Morgan fingerprint density at radius 1 is 0.947 bits per heavy atom. The molecule has 3 aromatic rings. The van der Waals surface area contributed by atoms with Crippen molar-refractivity contribution in [3.8, 4) is 21.8 Å². The number of thiazole rings is 1. The highest BCUT2D eigenvalue weighted by atomic mass is 79.9. The summed E-state index contributed by atoms with van der Waals surface area (Å²) < 4.78 is 1.05. The second kappa shape index (κ2) is 5.45. The quantitative estimate of drug-likeness (QED) is 0.561. The van der Waals surface area contributed by atoms with Gasteiger partial charge in [-0.25, -0.2) is 4.98 Å². The van der Waals surface area contributed by atoms with Crippen molar-refractivity contribution in [3.63, 3.8) is 0 Å². The molecular formula is C15H9BrClNS. The van der Waals surface area contributed by atoms with Gasteiger partial charge in [-0.05, 0) is 12.1 Å². The maximum Gasteiger partial charge on any atom is 0.125 e. The molecule has 1 aromatic heterocycles. The van der Waals surface area contributed by atoms with Gasteiger partial charge in [0.1, 0.15) is 5.01 Å². The van der Waals surface area contributed by atoms with Crippen LogP contribution in [0, 0.1) is 0 Å². The van der Waals surface area contributed by atoms with Gasteiger partial charge in [0.05, 0.1) is 5.69 Å². The molecule has 0 fully saturated rings. The third-order valence-electron chi connectivity index (χ3n) is 2.76. The maximum absolute atomic E-state index is 6.20. The molecule has 19 heavy (non-hydrogen) atoms. The van der Waals surface area contributed by atoms with E-state index in [1.165, 1.54) is 0 Å². The lowest BCUT2D eigenvalue weighted by Crippen LogP contribution is -1.81. The van der Waals surface area contributed by atoms with Crippen LogP contribution in [0.25, 0.3) is 21.8 Å². The normalized spacial score (nSPS) is 10.6. The van der Waals surface area contributed by atoms with Gasteiger partial charge in [0, 0.05) is 26.0 Å². The number of hydrogen-bond acceptors (Lipinski definition) is 2. The lowest BCUT2D eigenvalue weighted by Gasteiger charge is -2.00. The highest BCUT2D eigenvalue weighted by Crippen LogP contribution is 2.35. The Labute approximate surface area is 129 Å². The topological polar surface area (TPSA) is 12.9 Å². The monoisotopic (exact) mass is 349 g/mol. The van der Waals surface area contributed by atoms with Crippen molar-refractivity contribution in [1.29, 1.82) is 0 Å². The van der Waals surface area contributed by atoms with Gasteiger partial charge in [0.25, 0.3) is 0 Å². The van der Waals surface area contributed by atoms with Crippen LogP contribution in [0.3, 0.4) is 0 Å². The molecule has 0 N–H and O–H groups in total. The van der Waals surface area contributed by atoms with Crippen molar-refractivity contribution in [3.05, 3.63) is 63.4 Å². The third kappa shape index (κ3) is 2.59. The van der Waals surface area contributed by atoms with Crippen LogP contribution in [0.5, 0.6) is 0 Å². The average Bonchev–Trinajstić information content (AvgIpc) is 2.89. The van der Waals surface area contributed by atoms with E-state index in [0.29, 0.717) is 0 Å². The average molecular weight is 351 g/mol. The van der Waals surface area contributed by atoms with Gasteiger partial charge in [0.15, 0.2) is 0 Å². The molecule has 0 atom stereocenters. The fraction of sp³-hybridized carbons (Fsp3) is 0. The van der Waals surface area contributed by atoms with Gasteiger partial charge < -0.3 is 0 Å². The molecule has 0 radical (unpaired) electrons. The van der Waals surface area contributed by atoms with E-state index in [9.17, 15) is 0 Å². The van der Waals surface area contributed by atoms with Crippen molar-refractivity contribution < 1.29 is 0 Å². The van der Waals surface area contributed by atoms with Gasteiger partial charge >= 0.3 is 0 Å².